The van der Waals surface area contributed by atoms with Crippen molar-refractivity contribution in [3.63, 3.8) is 0 Å². The number of unbranched alkanes of at least 4 members (excludes halogenated alkanes) is 7. The maximum atomic E-state index is 3.74. The summed E-state index contributed by atoms with van der Waals surface area (Å²) in [5, 5.41) is 3.53. The molecule has 0 radical (unpaired) electrons. The van der Waals surface area contributed by atoms with Crippen LogP contribution in [0.4, 0.5) is 0 Å². The van der Waals surface area contributed by atoms with E-state index in [1.165, 1.54) is 57.9 Å². The summed E-state index contributed by atoms with van der Waals surface area (Å²) in [7, 11) is 0. The Morgan fingerprint density at radius 2 is 1.38 bits per heavy atom. The van der Waals surface area contributed by atoms with E-state index in [9.17, 15) is 0 Å². The van der Waals surface area contributed by atoms with E-state index in [1.807, 2.05) is 6.08 Å². The highest BCUT2D eigenvalue weighted by Gasteiger charge is 2.06. The van der Waals surface area contributed by atoms with Gasteiger partial charge in [-0.15, -0.1) is 6.58 Å². The minimum atomic E-state index is 0.282. The third-order valence-corrected chi connectivity index (χ3v) is 2.74. The molecule has 0 spiro atoms. The topological polar surface area (TPSA) is 12.0 Å². The van der Waals surface area contributed by atoms with Crippen LogP contribution in [0.5, 0.6) is 0 Å². The molecule has 0 saturated carbocycles. The van der Waals surface area contributed by atoms with Gasteiger partial charge in [0.1, 0.15) is 0 Å². The minimum Gasteiger partial charge on any atom is -0.312 e. The van der Waals surface area contributed by atoms with E-state index in [0.717, 1.165) is 0 Å². The fraction of sp³-hybridized carbons (Fsp3) is 0.867. The van der Waals surface area contributed by atoms with Crippen LogP contribution in [-0.4, -0.2) is 12.1 Å². The Balaban J connectivity index is 3.01. The van der Waals surface area contributed by atoms with E-state index < -0.39 is 0 Å². The first-order valence-corrected chi connectivity index (χ1v) is 6.92. The number of allylic oxidation sites excluding steroid dienone is 1. The van der Waals surface area contributed by atoms with Crippen molar-refractivity contribution in [1.82, 2.24) is 5.32 Å². The van der Waals surface area contributed by atoms with Crippen molar-refractivity contribution in [2.75, 3.05) is 6.54 Å². The molecule has 0 aliphatic carbocycles. The summed E-state index contributed by atoms with van der Waals surface area (Å²) in [6.07, 6.45) is 12.8. The largest absolute Gasteiger partial charge is 0.312 e. The van der Waals surface area contributed by atoms with E-state index in [4.69, 9.17) is 0 Å². The molecular formula is C15H31N. The lowest BCUT2D eigenvalue weighted by atomic mass is 10.1. The van der Waals surface area contributed by atoms with E-state index in [1.54, 1.807) is 0 Å². The Morgan fingerprint density at radius 1 is 0.875 bits per heavy atom. The van der Waals surface area contributed by atoms with E-state index in [0.29, 0.717) is 0 Å². The molecule has 1 N–H and O–H groups in total. The first kappa shape index (κ1) is 15.7. The summed E-state index contributed by atoms with van der Waals surface area (Å²) < 4.78 is 0. The van der Waals surface area contributed by atoms with Crippen molar-refractivity contribution in [2.45, 2.75) is 77.7 Å². The van der Waals surface area contributed by atoms with Gasteiger partial charge in [-0.2, -0.15) is 0 Å². The second-order valence-corrected chi connectivity index (χ2v) is 5.73. The van der Waals surface area contributed by atoms with Crippen molar-refractivity contribution >= 4 is 0 Å². The fourth-order valence-electron chi connectivity index (χ4n) is 1.76. The van der Waals surface area contributed by atoms with Crippen LogP contribution in [0, 0.1) is 0 Å². The van der Waals surface area contributed by atoms with Crippen LogP contribution in [0.1, 0.15) is 72.1 Å². The summed E-state index contributed by atoms with van der Waals surface area (Å²) in [6, 6.07) is 0. The van der Waals surface area contributed by atoms with Gasteiger partial charge in [0, 0.05) is 5.54 Å². The molecule has 0 aromatic carbocycles. The van der Waals surface area contributed by atoms with E-state index in [2.05, 4.69) is 32.7 Å². The monoisotopic (exact) mass is 225 g/mol. The molecule has 0 fully saturated rings. The molecule has 0 bridgehead atoms. The molecule has 1 nitrogen and oxygen atoms in total. The van der Waals surface area contributed by atoms with Crippen LogP contribution in [-0.2, 0) is 0 Å². The van der Waals surface area contributed by atoms with Gasteiger partial charge in [0.15, 0.2) is 0 Å². The van der Waals surface area contributed by atoms with Gasteiger partial charge in [0.2, 0.25) is 0 Å². The highest BCUT2D eigenvalue weighted by Crippen LogP contribution is 2.08. The van der Waals surface area contributed by atoms with Gasteiger partial charge < -0.3 is 5.32 Å². The van der Waals surface area contributed by atoms with Gasteiger partial charge in [-0.3, -0.25) is 0 Å². The Hall–Kier alpha value is -0.300. The van der Waals surface area contributed by atoms with Gasteiger partial charge in [0.25, 0.3) is 0 Å². The molecule has 0 heterocycles. The number of hydrogen-bond acceptors (Lipinski definition) is 1. The van der Waals surface area contributed by atoms with Crippen molar-refractivity contribution < 1.29 is 0 Å². The first-order valence-electron chi connectivity index (χ1n) is 6.92. The zero-order chi connectivity index (χ0) is 12.3. The zero-order valence-electron chi connectivity index (χ0n) is 11.6. The zero-order valence-corrected chi connectivity index (χ0v) is 11.6. The molecule has 0 saturated heterocycles. The number of nitrogens with one attached hydrogen (secondary N) is 1. The highest BCUT2D eigenvalue weighted by atomic mass is 14.9. The Kier molecular flexibility index (Phi) is 9.71. The standard InChI is InChI=1S/C15H31N/c1-5-6-7-8-9-10-11-12-13-14-16-15(2,3)4/h5,16H,1,6-14H2,2-4H3. The average molecular weight is 225 g/mol. The van der Waals surface area contributed by atoms with Gasteiger partial charge in [-0.05, 0) is 46.6 Å². The molecule has 0 rings (SSSR count). The third kappa shape index (κ3) is 13.7. The molecule has 0 aromatic heterocycles. The predicted molar refractivity (Wildman–Crippen MR) is 74.9 cm³/mol. The Bertz CT molecular complexity index is 155. The first-order chi connectivity index (χ1) is 7.56. The molecular weight excluding hydrogens is 194 g/mol. The van der Waals surface area contributed by atoms with Crippen molar-refractivity contribution in [2.24, 2.45) is 0 Å². The molecule has 0 aromatic rings. The highest BCUT2D eigenvalue weighted by molar-refractivity contribution is 4.69. The molecule has 0 aliphatic rings. The average Bonchev–Trinajstić information content (AvgIpc) is 2.19. The van der Waals surface area contributed by atoms with Crippen LogP contribution in [0.2, 0.25) is 0 Å². The summed E-state index contributed by atoms with van der Waals surface area (Å²) >= 11 is 0. The minimum absolute atomic E-state index is 0.282. The Morgan fingerprint density at radius 3 is 1.88 bits per heavy atom. The molecule has 0 unspecified atom stereocenters. The molecule has 0 aliphatic heterocycles. The van der Waals surface area contributed by atoms with Crippen LogP contribution >= 0.6 is 0 Å². The lowest BCUT2D eigenvalue weighted by molar-refractivity contribution is 0.415. The second kappa shape index (κ2) is 9.89. The lowest BCUT2D eigenvalue weighted by Crippen LogP contribution is -2.36. The van der Waals surface area contributed by atoms with E-state index in [-0.39, 0.29) is 5.54 Å². The second-order valence-electron chi connectivity index (χ2n) is 5.73. The molecule has 16 heavy (non-hydrogen) atoms. The summed E-state index contributed by atoms with van der Waals surface area (Å²) in [5.74, 6) is 0. The van der Waals surface area contributed by atoms with Gasteiger partial charge in [0.05, 0.1) is 0 Å². The van der Waals surface area contributed by atoms with Crippen LogP contribution in [0.3, 0.4) is 0 Å². The number of rotatable bonds is 10. The maximum absolute atomic E-state index is 3.74. The summed E-state index contributed by atoms with van der Waals surface area (Å²) in [6.45, 7) is 11.6. The van der Waals surface area contributed by atoms with Gasteiger partial charge in [-0.25, -0.2) is 0 Å². The Labute approximate surface area is 103 Å². The SMILES string of the molecule is C=CCCCCCCCCCNC(C)(C)C. The smallest absolute Gasteiger partial charge is 0.00965 e. The number of hydrogen-bond donors (Lipinski definition) is 1. The normalized spacial score (nSPS) is 11.7. The van der Waals surface area contributed by atoms with Crippen LogP contribution < -0.4 is 5.32 Å². The van der Waals surface area contributed by atoms with E-state index >= 15 is 0 Å². The molecule has 96 valence electrons. The van der Waals surface area contributed by atoms with Crippen LogP contribution in [0.25, 0.3) is 0 Å². The quantitative estimate of drug-likeness (QED) is 0.420. The summed E-state index contributed by atoms with van der Waals surface area (Å²) in [4.78, 5) is 0. The lowest BCUT2D eigenvalue weighted by Gasteiger charge is -2.20. The third-order valence-electron chi connectivity index (χ3n) is 2.74. The van der Waals surface area contributed by atoms with Crippen molar-refractivity contribution in [1.29, 1.82) is 0 Å². The molecule has 1 heteroatoms. The predicted octanol–water partition coefficient (Wildman–Crippen LogP) is 4.68. The molecule has 0 atom stereocenters. The maximum Gasteiger partial charge on any atom is 0.00965 e. The fourth-order valence-corrected chi connectivity index (χ4v) is 1.76. The van der Waals surface area contributed by atoms with Gasteiger partial charge >= 0.3 is 0 Å². The van der Waals surface area contributed by atoms with Crippen molar-refractivity contribution in [3.05, 3.63) is 12.7 Å². The van der Waals surface area contributed by atoms with Gasteiger partial charge in [-0.1, -0.05) is 38.2 Å². The van der Waals surface area contributed by atoms with Crippen molar-refractivity contribution in [3.8, 4) is 0 Å². The molecule has 0 amide bonds. The summed E-state index contributed by atoms with van der Waals surface area (Å²) in [5.41, 5.74) is 0.282. The van der Waals surface area contributed by atoms with Crippen LogP contribution in [0.15, 0.2) is 12.7 Å².